The average Bonchev–Trinajstić information content (AvgIpc) is 3.76. The molecule has 4 nitrogen and oxygen atoms in total. The number of allylic oxidation sites excluding steroid dienone is 2. The van der Waals surface area contributed by atoms with Crippen LogP contribution in [0.4, 0.5) is 11.4 Å². The highest BCUT2D eigenvalue weighted by Gasteiger charge is 2.47. The van der Waals surface area contributed by atoms with Gasteiger partial charge in [0.05, 0.1) is 16.9 Å². The first-order chi connectivity index (χ1) is 25.7. The lowest BCUT2D eigenvalue weighted by molar-refractivity contribution is 0.363. The highest BCUT2D eigenvalue weighted by molar-refractivity contribution is 7.14. The van der Waals surface area contributed by atoms with Gasteiger partial charge in [-0.25, -0.2) is 0 Å². The number of nitrogens with zero attached hydrogens (tertiary/aromatic N) is 2. The number of benzene rings is 5. The molecule has 53 heavy (non-hydrogen) atoms. The monoisotopic (exact) mass is 708 g/mol. The third-order valence-corrected chi connectivity index (χ3v) is 16.5. The average molecular weight is 709 g/mol. The van der Waals surface area contributed by atoms with Crippen LogP contribution in [0.15, 0.2) is 109 Å². The lowest BCUT2D eigenvalue weighted by Crippen LogP contribution is -2.77. The van der Waals surface area contributed by atoms with Gasteiger partial charge < -0.3 is 18.9 Å². The van der Waals surface area contributed by atoms with Crippen LogP contribution in [0.2, 0.25) is 13.1 Å². The van der Waals surface area contributed by atoms with Crippen LogP contribution in [0.1, 0.15) is 69.7 Å². The molecule has 11 rings (SSSR count). The molecule has 0 saturated carbocycles. The fraction of sp³-hybridized carbons (Fsp3) is 0.277. The number of para-hydroxylation sites is 3. The van der Waals surface area contributed by atoms with Crippen molar-refractivity contribution >= 4 is 63.8 Å². The van der Waals surface area contributed by atoms with Gasteiger partial charge in [0.15, 0.2) is 5.75 Å². The molecule has 0 amide bonds. The summed E-state index contributed by atoms with van der Waals surface area (Å²) in [6.45, 7) is 12.2. The molecule has 0 atom stereocenters. The van der Waals surface area contributed by atoms with Gasteiger partial charge in [-0.2, -0.15) is 0 Å². The molecule has 0 unspecified atom stereocenters. The van der Waals surface area contributed by atoms with Crippen LogP contribution in [0.25, 0.3) is 16.6 Å². The second kappa shape index (κ2) is 11.0. The number of ether oxygens (including phenoxy) is 2. The Kier molecular flexibility index (Phi) is 6.58. The second-order valence-corrected chi connectivity index (χ2v) is 21.8. The Hall–Kier alpha value is -4.94. The smallest absolute Gasteiger partial charge is 0.250 e. The summed E-state index contributed by atoms with van der Waals surface area (Å²) in [5, 5.41) is 4.43. The number of aromatic nitrogens is 1. The van der Waals surface area contributed by atoms with Crippen LogP contribution in [-0.4, -0.2) is 19.4 Å². The molecule has 5 aromatic carbocycles. The van der Waals surface area contributed by atoms with Gasteiger partial charge in [-0.05, 0) is 108 Å². The Morgan fingerprint density at radius 2 is 1.45 bits per heavy atom. The fourth-order valence-corrected chi connectivity index (χ4v) is 13.5. The third kappa shape index (κ3) is 4.48. The molecular formula is C47H45BN2O2Si. The number of hydrogen-bond donors (Lipinski definition) is 0. The van der Waals surface area contributed by atoms with E-state index in [1.807, 2.05) is 0 Å². The fourth-order valence-electron chi connectivity index (χ4n) is 10.3. The molecule has 1 aromatic heterocycles. The highest BCUT2D eigenvalue weighted by Crippen LogP contribution is 2.46. The summed E-state index contributed by atoms with van der Waals surface area (Å²) in [7, 11) is -2.20. The van der Waals surface area contributed by atoms with Crippen LogP contribution in [0, 0.1) is 0 Å². The molecule has 6 aromatic rings. The molecule has 2 aliphatic carbocycles. The number of aryl methyl sites for hydroxylation is 1. The van der Waals surface area contributed by atoms with Crippen molar-refractivity contribution in [2.75, 3.05) is 4.90 Å². The minimum Gasteiger partial charge on any atom is -0.458 e. The predicted octanol–water partition coefficient (Wildman–Crippen LogP) is 8.49. The molecular weight excluding hydrogens is 663 g/mol. The predicted molar refractivity (Wildman–Crippen MR) is 223 cm³/mol. The Labute approximate surface area is 314 Å². The Bertz CT molecular complexity index is 2590. The second-order valence-electron chi connectivity index (χ2n) is 17.5. The highest BCUT2D eigenvalue weighted by atomic mass is 28.3. The summed E-state index contributed by atoms with van der Waals surface area (Å²) in [4.78, 5) is 2.52. The van der Waals surface area contributed by atoms with Gasteiger partial charge in [-0.15, -0.1) is 0 Å². The van der Waals surface area contributed by atoms with Crippen molar-refractivity contribution in [3.05, 3.63) is 125 Å². The van der Waals surface area contributed by atoms with E-state index in [2.05, 4.69) is 140 Å². The van der Waals surface area contributed by atoms with Crippen molar-refractivity contribution in [1.29, 1.82) is 0 Å². The number of rotatable bonds is 2. The first-order valence-electron chi connectivity index (χ1n) is 19.7. The SMILES string of the molecule is CC(C)(C)c1cc2c3c(c1)[Si](C)(C)c1cc(N4C5=C(CCCC5)Oc5ccccc54)ccc1B3c1ccc(-n3c4c(c5ccccc53)CCC4)cc1O2. The maximum absolute atomic E-state index is 7.14. The Morgan fingerprint density at radius 3 is 2.34 bits per heavy atom. The number of anilines is 2. The minimum absolute atomic E-state index is 0.00883. The van der Waals surface area contributed by atoms with E-state index in [0.717, 1.165) is 54.4 Å². The summed E-state index contributed by atoms with van der Waals surface area (Å²) in [5.74, 6) is 4.13. The normalized spacial score (nSPS) is 17.7. The zero-order valence-corrected chi connectivity index (χ0v) is 32.5. The molecule has 5 aliphatic rings. The third-order valence-electron chi connectivity index (χ3n) is 13.0. The quantitative estimate of drug-likeness (QED) is 0.169. The topological polar surface area (TPSA) is 26.6 Å². The first-order valence-corrected chi connectivity index (χ1v) is 22.7. The summed E-state index contributed by atoms with van der Waals surface area (Å²) >= 11 is 0. The maximum Gasteiger partial charge on any atom is 0.250 e. The van der Waals surface area contributed by atoms with Crippen LogP contribution in [0.3, 0.4) is 0 Å². The minimum atomic E-state index is -2.20. The van der Waals surface area contributed by atoms with Crippen LogP contribution in [-0.2, 0) is 18.3 Å². The summed E-state index contributed by atoms with van der Waals surface area (Å²) in [6, 6.07) is 36.9. The maximum atomic E-state index is 7.14. The van der Waals surface area contributed by atoms with Gasteiger partial charge in [0.1, 0.15) is 25.3 Å². The largest absolute Gasteiger partial charge is 0.458 e. The van der Waals surface area contributed by atoms with Crippen molar-refractivity contribution in [3.8, 4) is 22.9 Å². The van der Waals surface area contributed by atoms with Crippen molar-refractivity contribution in [2.24, 2.45) is 0 Å². The van der Waals surface area contributed by atoms with Crippen molar-refractivity contribution in [2.45, 2.75) is 84.2 Å². The van der Waals surface area contributed by atoms with E-state index < -0.39 is 8.07 Å². The van der Waals surface area contributed by atoms with Gasteiger partial charge >= 0.3 is 0 Å². The first kappa shape index (κ1) is 31.6. The summed E-state index contributed by atoms with van der Waals surface area (Å²) in [5.41, 5.74) is 14.6. The summed E-state index contributed by atoms with van der Waals surface area (Å²) in [6.07, 6.45) is 7.91. The molecule has 3 aliphatic heterocycles. The van der Waals surface area contributed by atoms with Gasteiger partial charge in [-0.3, -0.25) is 0 Å². The lowest BCUT2D eigenvalue weighted by atomic mass is 9.35. The van der Waals surface area contributed by atoms with E-state index in [-0.39, 0.29) is 12.1 Å². The molecule has 0 fully saturated rings. The molecule has 4 heterocycles. The Morgan fingerprint density at radius 1 is 0.660 bits per heavy atom. The van der Waals surface area contributed by atoms with Gasteiger partial charge in [-0.1, -0.05) is 98.2 Å². The van der Waals surface area contributed by atoms with Crippen molar-refractivity contribution in [1.82, 2.24) is 4.57 Å². The van der Waals surface area contributed by atoms with Gasteiger partial charge in [0.2, 0.25) is 0 Å². The van der Waals surface area contributed by atoms with Crippen molar-refractivity contribution in [3.63, 3.8) is 0 Å². The zero-order valence-electron chi connectivity index (χ0n) is 31.5. The van der Waals surface area contributed by atoms with Gasteiger partial charge in [0, 0.05) is 34.9 Å². The van der Waals surface area contributed by atoms with E-state index in [1.54, 1.807) is 0 Å². The molecule has 0 radical (unpaired) electrons. The zero-order chi connectivity index (χ0) is 35.8. The van der Waals surface area contributed by atoms with E-state index in [9.17, 15) is 0 Å². The van der Waals surface area contributed by atoms with E-state index in [4.69, 9.17) is 9.47 Å². The lowest BCUT2D eigenvalue weighted by Gasteiger charge is -2.43. The number of hydrogen-bond acceptors (Lipinski definition) is 3. The van der Waals surface area contributed by atoms with E-state index in [1.165, 1.54) is 90.8 Å². The standard InChI is InChI=1S/C47H45BN2O2Si/c1-47(2,3)29-25-43-46-45(26-29)53(4,5)44-28-31(50-38-16-8-10-19-40(38)51-41-20-11-9-17-39(41)50)22-24-35(44)48(46)34-23-21-30(27-42(34)52-43)49-36-15-7-6-13-32(36)33-14-12-18-37(33)49/h6-8,10,13,15-16,19,21-28H,9,11-12,14,17-18,20H2,1-5H3. The molecule has 0 N–H and O–H groups in total. The molecule has 0 saturated heterocycles. The summed E-state index contributed by atoms with van der Waals surface area (Å²) < 4.78 is 16.2. The Balaban J connectivity index is 1.12. The van der Waals surface area contributed by atoms with Crippen molar-refractivity contribution < 1.29 is 9.47 Å². The molecule has 262 valence electrons. The molecule has 0 bridgehead atoms. The molecule has 0 spiro atoms. The van der Waals surface area contributed by atoms with Crippen LogP contribution in [0.5, 0.6) is 17.2 Å². The van der Waals surface area contributed by atoms with E-state index in [0.29, 0.717) is 0 Å². The van der Waals surface area contributed by atoms with Crippen LogP contribution < -0.4 is 41.1 Å². The van der Waals surface area contributed by atoms with Gasteiger partial charge in [0.25, 0.3) is 6.71 Å². The van der Waals surface area contributed by atoms with E-state index >= 15 is 0 Å². The number of fused-ring (bicyclic) bond motifs is 8. The van der Waals surface area contributed by atoms with Crippen LogP contribution >= 0.6 is 0 Å². The molecule has 6 heteroatoms.